The fourth-order valence-electron chi connectivity index (χ4n) is 1.32. The van der Waals surface area contributed by atoms with Gasteiger partial charge in [0.15, 0.2) is 5.82 Å². The van der Waals surface area contributed by atoms with Crippen molar-refractivity contribution in [2.75, 3.05) is 11.3 Å². The van der Waals surface area contributed by atoms with Gasteiger partial charge in [-0.15, -0.1) is 0 Å². The van der Waals surface area contributed by atoms with Gasteiger partial charge >= 0.3 is 0 Å². The minimum absolute atomic E-state index is 0.0312. The van der Waals surface area contributed by atoms with E-state index < -0.39 is 10.0 Å². The number of anilines is 1. The number of aliphatic hydroxyl groups excluding tert-OH is 1. The van der Waals surface area contributed by atoms with Crippen LogP contribution >= 0.6 is 0 Å². The number of aromatic nitrogens is 2. The molecule has 0 saturated heterocycles. The Morgan fingerprint density at radius 3 is 2.95 bits per heavy atom. The Balaban J connectivity index is 2.24. The third-order valence-corrected chi connectivity index (χ3v) is 3.49. The molecule has 0 atom stereocenters. The lowest BCUT2D eigenvalue weighted by atomic mass is 10.3. The highest BCUT2D eigenvalue weighted by Crippen LogP contribution is 2.14. The predicted octanol–water partition coefficient (Wildman–Crippen LogP) is 0.604. The van der Waals surface area contributed by atoms with Crippen molar-refractivity contribution in [2.24, 2.45) is 0 Å². The van der Waals surface area contributed by atoms with Gasteiger partial charge in [0.2, 0.25) is 0 Å². The SMILES string of the molecule is O=S(=O)(Nc1ccon1)c1cncc(C#CCCO)c1. The maximum atomic E-state index is 12.1. The van der Waals surface area contributed by atoms with Crippen molar-refractivity contribution in [3.63, 3.8) is 0 Å². The van der Waals surface area contributed by atoms with E-state index in [-0.39, 0.29) is 17.3 Å². The van der Waals surface area contributed by atoms with Gasteiger partial charge in [0, 0.05) is 30.4 Å². The molecule has 0 bridgehead atoms. The number of hydrogen-bond donors (Lipinski definition) is 2. The van der Waals surface area contributed by atoms with E-state index in [1.54, 1.807) is 0 Å². The molecular formula is C12H11N3O4S. The molecule has 0 spiro atoms. The molecular weight excluding hydrogens is 282 g/mol. The van der Waals surface area contributed by atoms with Crippen molar-refractivity contribution in [1.82, 2.24) is 10.1 Å². The van der Waals surface area contributed by atoms with E-state index in [2.05, 4.69) is 31.2 Å². The summed E-state index contributed by atoms with van der Waals surface area (Å²) in [5, 5.41) is 12.1. The van der Waals surface area contributed by atoms with Crippen LogP contribution in [0.15, 0.2) is 40.2 Å². The van der Waals surface area contributed by atoms with Crippen LogP contribution in [0.5, 0.6) is 0 Å². The second-order valence-electron chi connectivity index (χ2n) is 3.67. The van der Waals surface area contributed by atoms with Gasteiger partial charge in [0.25, 0.3) is 10.0 Å². The van der Waals surface area contributed by atoms with E-state index >= 15 is 0 Å². The topological polar surface area (TPSA) is 105 Å². The van der Waals surface area contributed by atoms with E-state index in [0.29, 0.717) is 12.0 Å². The zero-order valence-corrected chi connectivity index (χ0v) is 11.1. The maximum absolute atomic E-state index is 12.1. The van der Waals surface area contributed by atoms with Gasteiger partial charge in [-0.3, -0.25) is 9.71 Å². The fraction of sp³-hybridized carbons (Fsp3) is 0.167. The largest absolute Gasteiger partial charge is 0.395 e. The average molecular weight is 293 g/mol. The van der Waals surface area contributed by atoms with Crippen molar-refractivity contribution >= 4 is 15.8 Å². The molecule has 2 N–H and O–H groups in total. The first kappa shape index (κ1) is 14.0. The Morgan fingerprint density at radius 2 is 2.25 bits per heavy atom. The molecule has 0 unspecified atom stereocenters. The molecule has 0 amide bonds. The number of nitrogens with zero attached hydrogens (tertiary/aromatic N) is 2. The van der Waals surface area contributed by atoms with E-state index in [9.17, 15) is 8.42 Å². The summed E-state index contributed by atoms with van der Waals surface area (Å²) in [6.45, 7) is -0.0495. The molecule has 2 rings (SSSR count). The molecule has 8 heteroatoms. The molecule has 0 radical (unpaired) electrons. The minimum atomic E-state index is -3.79. The van der Waals surface area contributed by atoms with Crippen molar-refractivity contribution in [2.45, 2.75) is 11.3 Å². The van der Waals surface area contributed by atoms with Gasteiger partial charge < -0.3 is 9.63 Å². The third-order valence-electron chi connectivity index (χ3n) is 2.17. The van der Waals surface area contributed by atoms with Crippen LogP contribution in [-0.4, -0.2) is 30.3 Å². The van der Waals surface area contributed by atoms with E-state index in [1.165, 1.54) is 30.8 Å². The number of pyridine rings is 1. The molecule has 104 valence electrons. The molecule has 7 nitrogen and oxygen atoms in total. The van der Waals surface area contributed by atoms with Crippen molar-refractivity contribution < 1.29 is 18.0 Å². The summed E-state index contributed by atoms with van der Waals surface area (Å²) in [6.07, 6.45) is 4.22. The van der Waals surface area contributed by atoms with Crippen LogP contribution in [0, 0.1) is 11.8 Å². The van der Waals surface area contributed by atoms with Crippen LogP contribution in [0.3, 0.4) is 0 Å². The molecule has 2 aromatic rings. The summed E-state index contributed by atoms with van der Waals surface area (Å²) in [4.78, 5) is 3.80. The van der Waals surface area contributed by atoms with E-state index in [0.717, 1.165) is 0 Å². The molecule has 2 aromatic heterocycles. The Hall–Kier alpha value is -2.37. The highest BCUT2D eigenvalue weighted by atomic mass is 32.2. The summed E-state index contributed by atoms with van der Waals surface area (Å²) in [6, 6.07) is 2.77. The monoisotopic (exact) mass is 293 g/mol. The highest BCUT2D eigenvalue weighted by molar-refractivity contribution is 7.92. The Morgan fingerprint density at radius 1 is 1.40 bits per heavy atom. The molecule has 2 heterocycles. The quantitative estimate of drug-likeness (QED) is 0.800. The summed E-state index contributed by atoms with van der Waals surface area (Å²) < 4.78 is 30.9. The lowest BCUT2D eigenvalue weighted by molar-refractivity contribution is 0.305. The van der Waals surface area contributed by atoms with Gasteiger partial charge in [0.1, 0.15) is 11.2 Å². The Labute approximate surface area is 115 Å². The average Bonchev–Trinajstić information content (AvgIpc) is 2.92. The Bertz CT molecular complexity index is 730. The highest BCUT2D eigenvalue weighted by Gasteiger charge is 2.16. The van der Waals surface area contributed by atoms with Crippen LogP contribution < -0.4 is 4.72 Å². The molecule has 0 aliphatic carbocycles. The lowest BCUT2D eigenvalue weighted by Crippen LogP contribution is -2.13. The van der Waals surface area contributed by atoms with Crippen LogP contribution in [0.4, 0.5) is 5.82 Å². The van der Waals surface area contributed by atoms with Crippen LogP contribution in [0.25, 0.3) is 0 Å². The fourth-order valence-corrected chi connectivity index (χ4v) is 2.30. The molecule has 0 fully saturated rings. The van der Waals surface area contributed by atoms with E-state index in [1.807, 2.05) is 0 Å². The maximum Gasteiger partial charge on any atom is 0.264 e. The second-order valence-corrected chi connectivity index (χ2v) is 5.36. The number of sulfonamides is 1. The first-order valence-corrected chi connectivity index (χ1v) is 7.08. The van der Waals surface area contributed by atoms with E-state index in [4.69, 9.17) is 5.11 Å². The van der Waals surface area contributed by atoms with Gasteiger partial charge in [-0.1, -0.05) is 17.0 Å². The number of aliphatic hydroxyl groups is 1. The predicted molar refractivity (Wildman–Crippen MR) is 70.1 cm³/mol. The van der Waals surface area contributed by atoms with Crippen molar-refractivity contribution in [1.29, 1.82) is 0 Å². The normalized spacial score (nSPS) is 10.7. The second kappa shape index (κ2) is 6.18. The van der Waals surface area contributed by atoms with Crippen molar-refractivity contribution in [3.05, 3.63) is 36.4 Å². The summed E-state index contributed by atoms with van der Waals surface area (Å²) in [5.41, 5.74) is 0.446. The van der Waals surface area contributed by atoms with Crippen LogP contribution in [0.2, 0.25) is 0 Å². The Kier molecular flexibility index (Phi) is 4.34. The molecule has 20 heavy (non-hydrogen) atoms. The smallest absolute Gasteiger partial charge is 0.264 e. The summed E-state index contributed by atoms with van der Waals surface area (Å²) in [7, 11) is -3.79. The first-order chi connectivity index (χ1) is 9.62. The zero-order valence-electron chi connectivity index (χ0n) is 10.3. The molecule has 0 aromatic carbocycles. The van der Waals surface area contributed by atoms with Gasteiger partial charge in [-0.25, -0.2) is 8.42 Å². The molecule has 0 aliphatic heterocycles. The lowest BCUT2D eigenvalue weighted by Gasteiger charge is -2.04. The molecule has 0 aliphatic rings. The van der Waals surface area contributed by atoms with Crippen LogP contribution in [0.1, 0.15) is 12.0 Å². The zero-order chi connectivity index (χ0) is 14.4. The summed E-state index contributed by atoms with van der Waals surface area (Å²) in [5.74, 6) is 5.50. The first-order valence-electron chi connectivity index (χ1n) is 5.60. The third kappa shape index (κ3) is 3.57. The summed E-state index contributed by atoms with van der Waals surface area (Å²) >= 11 is 0. The number of nitrogens with one attached hydrogen (secondary N) is 1. The van der Waals surface area contributed by atoms with Gasteiger partial charge in [0.05, 0.1) is 6.61 Å². The number of hydrogen-bond acceptors (Lipinski definition) is 6. The van der Waals surface area contributed by atoms with Gasteiger partial charge in [-0.2, -0.15) is 0 Å². The van der Waals surface area contributed by atoms with Gasteiger partial charge in [-0.05, 0) is 6.07 Å². The molecule has 0 saturated carbocycles. The standard InChI is InChI=1S/C12H11N3O4S/c16-5-2-1-3-10-7-11(9-13-8-10)20(17,18)15-12-4-6-19-14-12/h4,6-9,16H,2,5H2,(H,14,15). The minimum Gasteiger partial charge on any atom is -0.395 e. The number of rotatable bonds is 4. The van der Waals surface area contributed by atoms with Crippen molar-refractivity contribution in [3.8, 4) is 11.8 Å². The van der Waals surface area contributed by atoms with Crippen LogP contribution in [-0.2, 0) is 10.0 Å².